The fourth-order valence-electron chi connectivity index (χ4n) is 3.23. The smallest absolute Gasteiger partial charge is 0.322 e. The van der Waals surface area contributed by atoms with E-state index < -0.39 is 0 Å². The first kappa shape index (κ1) is 17.3. The molecule has 8 heteroatoms. The second kappa shape index (κ2) is 7.22. The maximum atomic E-state index is 12.8. The van der Waals surface area contributed by atoms with Crippen molar-refractivity contribution in [1.29, 1.82) is 0 Å². The number of urea groups is 1. The van der Waals surface area contributed by atoms with Crippen molar-refractivity contribution in [3.8, 4) is 5.69 Å². The molecule has 0 saturated carbocycles. The van der Waals surface area contributed by atoms with Gasteiger partial charge in [-0.15, -0.1) is 0 Å². The Morgan fingerprint density at radius 2 is 2.22 bits per heavy atom. The molecule has 0 bridgehead atoms. The third-order valence-electron chi connectivity index (χ3n) is 4.64. The molecule has 0 radical (unpaired) electrons. The minimum absolute atomic E-state index is 0.167. The monoisotopic (exact) mass is 366 g/mol. The summed E-state index contributed by atoms with van der Waals surface area (Å²) in [6.45, 7) is 4.69. The lowest BCUT2D eigenvalue weighted by molar-refractivity contribution is 0.193. The Balaban J connectivity index is 1.49. The zero-order valence-corrected chi connectivity index (χ0v) is 15.4. The van der Waals surface area contributed by atoms with Crippen LogP contribution in [-0.4, -0.2) is 37.4 Å². The van der Waals surface area contributed by atoms with Gasteiger partial charge in [0, 0.05) is 30.5 Å². The third-order valence-corrected chi connectivity index (χ3v) is 4.64. The quantitative estimate of drug-likeness (QED) is 0.760. The number of carbonyl (C=O) groups excluding carboxylic acids is 1. The molecule has 27 heavy (non-hydrogen) atoms. The molecule has 1 N–H and O–H groups in total. The van der Waals surface area contributed by atoms with Crippen molar-refractivity contribution in [2.45, 2.75) is 38.6 Å². The summed E-state index contributed by atoms with van der Waals surface area (Å²) in [6, 6.07) is 9.09. The van der Waals surface area contributed by atoms with E-state index in [1.54, 1.807) is 15.8 Å². The van der Waals surface area contributed by atoms with Crippen LogP contribution < -0.4 is 5.32 Å². The average molecular weight is 366 g/mol. The molecule has 0 spiro atoms. The molecular formula is C19H22N6O2. The van der Waals surface area contributed by atoms with E-state index in [9.17, 15) is 4.79 Å². The minimum Gasteiger partial charge on any atom is -0.337 e. The average Bonchev–Trinajstić information content (AvgIpc) is 3.42. The van der Waals surface area contributed by atoms with Crippen LogP contribution in [0.3, 0.4) is 0 Å². The van der Waals surface area contributed by atoms with Gasteiger partial charge in [-0.1, -0.05) is 25.1 Å². The number of nitrogens with one attached hydrogen (secondary N) is 1. The lowest BCUT2D eigenvalue weighted by Gasteiger charge is -2.22. The van der Waals surface area contributed by atoms with Gasteiger partial charge in [0.2, 0.25) is 5.89 Å². The van der Waals surface area contributed by atoms with Gasteiger partial charge in [0.15, 0.2) is 5.82 Å². The van der Waals surface area contributed by atoms with Crippen molar-refractivity contribution < 1.29 is 9.32 Å². The largest absolute Gasteiger partial charge is 0.337 e. The van der Waals surface area contributed by atoms with Crippen molar-refractivity contribution in [2.24, 2.45) is 0 Å². The fourth-order valence-corrected chi connectivity index (χ4v) is 3.23. The molecule has 0 unspecified atom stereocenters. The highest BCUT2D eigenvalue weighted by molar-refractivity contribution is 5.90. The third kappa shape index (κ3) is 3.55. The molecule has 2 amide bonds. The van der Waals surface area contributed by atoms with E-state index in [1.165, 1.54) is 0 Å². The Morgan fingerprint density at radius 3 is 2.96 bits per heavy atom. The first-order chi connectivity index (χ1) is 13.1. The van der Waals surface area contributed by atoms with Gasteiger partial charge in [-0.3, -0.25) is 0 Å². The number of nitrogens with zero attached hydrogens (tertiary/aromatic N) is 5. The summed E-state index contributed by atoms with van der Waals surface area (Å²) in [5, 5.41) is 11.2. The summed E-state index contributed by atoms with van der Waals surface area (Å²) in [7, 11) is 0. The second-order valence-corrected chi connectivity index (χ2v) is 6.93. The predicted molar refractivity (Wildman–Crippen MR) is 99.7 cm³/mol. The van der Waals surface area contributed by atoms with E-state index in [0.29, 0.717) is 23.9 Å². The van der Waals surface area contributed by atoms with Crippen molar-refractivity contribution in [3.63, 3.8) is 0 Å². The highest BCUT2D eigenvalue weighted by Gasteiger charge is 2.34. The molecule has 1 aromatic carbocycles. The summed E-state index contributed by atoms with van der Waals surface area (Å²) in [5.74, 6) is 1.37. The van der Waals surface area contributed by atoms with Crippen LogP contribution in [0.15, 0.2) is 47.2 Å². The van der Waals surface area contributed by atoms with Crippen LogP contribution in [0.2, 0.25) is 0 Å². The maximum absolute atomic E-state index is 12.8. The Labute approximate surface area is 157 Å². The van der Waals surface area contributed by atoms with Crippen molar-refractivity contribution in [3.05, 3.63) is 54.4 Å². The lowest BCUT2D eigenvalue weighted by atomic mass is 10.2. The lowest BCUT2D eigenvalue weighted by Crippen LogP contribution is -2.34. The molecule has 4 rings (SSSR count). The van der Waals surface area contributed by atoms with Crippen LogP contribution in [-0.2, 0) is 0 Å². The highest BCUT2D eigenvalue weighted by Crippen LogP contribution is 2.32. The Bertz CT molecular complexity index is 918. The number of aromatic nitrogens is 4. The van der Waals surface area contributed by atoms with E-state index in [-0.39, 0.29) is 18.0 Å². The Hall–Kier alpha value is -3.16. The molecule has 1 aliphatic rings. The number of anilines is 1. The number of amides is 2. The molecule has 1 aliphatic heterocycles. The normalized spacial score (nSPS) is 16.9. The summed E-state index contributed by atoms with van der Waals surface area (Å²) >= 11 is 0. The molecular weight excluding hydrogens is 344 g/mol. The molecule has 3 heterocycles. The first-order valence-electron chi connectivity index (χ1n) is 9.13. The van der Waals surface area contributed by atoms with Crippen LogP contribution in [0.5, 0.6) is 0 Å². The van der Waals surface area contributed by atoms with Gasteiger partial charge >= 0.3 is 6.03 Å². The van der Waals surface area contributed by atoms with E-state index >= 15 is 0 Å². The van der Waals surface area contributed by atoms with Crippen LogP contribution in [0.25, 0.3) is 5.69 Å². The SMILES string of the molecule is CC(C)c1noc([C@@H]2CCCN2C(=O)Nc2cccc(-n3cccn3)c2)n1. The topological polar surface area (TPSA) is 89.1 Å². The molecule has 140 valence electrons. The molecule has 2 aromatic heterocycles. The molecule has 3 aromatic rings. The van der Waals surface area contributed by atoms with E-state index in [1.807, 2.05) is 50.4 Å². The molecule has 1 atom stereocenters. The van der Waals surface area contributed by atoms with Gasteiger partial charge in [0.25, 0.3) is 0 Å². The van der Waals surface area contributed by atoms with Crippen LogP contribution in [0, 0.1) is 0 Å². The first-order valence-corrected chi connectivity index (χ1v) is 9.13. The van der Waals surface area contributed by atoms with Gasteiger partial charge in [0.05, 0.1) is 5.69 Å². The van der Waals surface area contributed by atoms with Gasteiger partial charge in [-0.05, 0) is 37.1 Å². The van der Waals surface area contributed by atoms with Crippen LogP contribution in [0.1, 0.15) is 50.4 Å². The minimum atomic E-state index is -0.181. The number of hydrogen-bond donors (Lipinski definition) is 1. The van der Waals surface area contributed by atoms with Crippen molar-refractivity contribution >= 4 is 11.7 Å². The summed E-state index contributed by atoms with van der Waals surface area (Å²) < 4.78 is 7.16. The number of benzene rings is 1. The van der Waals surface area contributed by atoms with Crippen molar-refractivity contribution in [2.75, 3.05) is 11.9 Å². The zero-order chi connectivity index (χ0) is 18.8. The van der Waals surface area contributed by atoms with E-state index in [0.717, 1.165) is 18.5 Å². The number of rotatable bonds is 4. The maximum Gasteiger partial charge on any atom is 0.322 e. The van der Waals surface area contributed by atoms with Gasteiger partial charge in [-0.25, -0.2) is 9.48 Å². The van der Waals surface area contributed by atoms with Crippen LogP contribution >= 0.6 is 0 Å². The highest BCUT2D eigenvalue weighted by atomic mass is 16.5. The Morgan fingerprint density at radius 1 is 1.33 bits per heavy atom. The van der Waals surface area contributed by atoms with Crippen molar-refractivity contribution in [1.82, 2.24) is 24.8 Å². The predicted octanol–water partition coefficient (Wildman–Crippen LogP) is 3.75. The molecule has 1 saturated heterocycles. The molecule has 8 nitrogen and oxygen atoms in total. The van der Waals surface area contributed by atoms with Gasteiger partial charge < -0.3 is 14.7 Å². The van der Waals surface area contributed by atoms with Gasteiger partial charge in [-0.2, -0.15) is 10.1 Å². The number of carbonyl (C=O) groups is 1. The zero-order valence-electron chi connectivity index (χ0n) is 15.4. The standard InChI is InChI=1S/C19H22N6O2/c1-13(2)17-22-18(27-23-17)16-8-4-10-24(16)19(26)21-14-6-3-7-15(12-14)25-11-5-9-20-25/h3,5-7,9,11-13,16H,4,8,10H2,1-2H3,(H,21,26)/t16-/m0/s1. The summed E-state index contributed by atoms with van der Waals surface area (Å²) in [4.78, 5) is 19.1. The summed E-state index contributed by atoms with van der Waals surface area (Å²) in [5.41, 5.74) is 1.60. The Kier molecular flexibility index (Phi) is 4.62. The molecule has 1 fully saturated rings. The number of hydrogen-bond acceptors (Lipinski definition) is 5. The fraction of sp³-hybridized carbons (Fsp3) is 0.368. The van der Waals surface area contributed by atoms with Crippen LogP contribution in [0.4, 0.5) is 10.5 Å². The van der Waals surface area contributed by atoms with E-state index in [4.69, 9.17) is 4.52 Å². The van der Waals surface area contributed by atoms with E-state index in [2.05, 4.69) is 20.6 Å². The number of likely N-dealkylation sites (tertiary alicyclic amines) is 1. The second-order valence-electron chi connectivity index (χ2n) is 6.93. The van der Waals surface area contributed by atoms with Gasteiger partial charge in [0.1, 0.15) is 6.04 Å². The summed E-state index contributed by atoms with van der Waals surface area (Å²) in [6.07, 6.45) is 5.31. The molecule has 0 aliphatic carbocycles.